The third-order valence-corrected chi connectivity index (χ3v) is 12.1. The van der Waals surface area contributed by atoms with E-state index in [-0.39, 0.29) is 0 Å². The molecule has 0 aliphatic rings. The smallest absolute Gasteiger partial charge is 0.101 e. The van der Waals surface area contributed by atoms with Crippen LogP contribution in [0.1, 0.15) is 16.7 Å². The van der Waals surface area contributed by atoms with Gasteiger partial charge in [-0.05, 0) is 64.6 Å². The molecule has 5 heteroatoms. The first-order valence-corrected chi connectivity index (χ1v) is 20.9. The van der Waals surface area contributed by atoms with E-state index >= 15 is 0 Å². The van der Waals surface area contributed by atoms with Crippen LogP contribution < -0.4 is 0 Å². The number of nitrogens with one attached hydrogen (secondary N) is 1. The Labute approximate surface area is 357 Å². The molecule has 4 aromatic heterocycles. The lowest BCUT2D eigenvalue weighted by Gasteiger charge is -2.10. The monoisotopic (exact) mass is 791 g/mol. The van der Waals surface area contributed by atoms with Crippen LogP contribution in [-0.2, 0) is 0 Å². The van der Waals surface area contributed by atoms with Gasteiger partial charge in [0.1, 0.15) is 5.69 Å². The minimum absolute atomic E-state index is 0.393. The van der Waals surface area contributed by atoms with Crippen molar-refractivity contribution >= 4 is 72.0 Å². The van der Waals surface area contributed by atoms with Gasteiger partial charge in [0.25, 0.3) is 0 Å². The summed E-state index contributed by atoms with van der Waals surface area (Å²) < 4.78 is 4.51. The van der Waals surface area contributed by atoms with E-state index in [4.69, 9.17) is 10.1 Å². The summed E-state index contributed by atoms with van der Waals surface area (Å²) in [5.74, 6) is 0. The molecule has 12 aromatic rings. The van der Waals surface area contributed by atoms with Crippen LogP contribution in [0.15, 0.2) is 217 Å². The van der Waals surface area contributed by atoms with Crippen molar-refractivity contribution in [1.29, 1.82) is 5.41 Å². The molecular weight excluding hydrogens is 755 g/mol. The van der Waals surface area contributed by atoms with Gasteiger partial charge in [0, 0.05) is 55.4 Å². The second-order valence-corrected chi connectivity index (χ2v) is 15.8. The highest BCUT2D eigenvalue weighted by Crippen LogP contribution is 2.43. The van der Waals surface area contributed by atoms with E-state index in [1.54, 1.807) is 0 Å². The molecule has 5 nitrogen and oxygen atoms in total. The molecule has 8 aromatic carbocycles. The normalized spacial score (nSPS) is 12.3. The van der Waals surface area contributed by atoms with Crippen molar-refractivity contribution in [3.8, 4) is 33.6 Å². The van der Waals surface area contributed by atoms with Crippen LogP contribution in [0.3, 0.4) is 0 Å². The number of allylic oxidation sites excluding steroid dienone is 1. The molecule has 0 amide bonds. The van der Waals surface area contributed by atoms with Gasteiger partial charge in [-0.15, -0.1) is 0 Å². The number of pyridine rings is 1. The third kappa shape index (κ3) is 5.75. The summed E-state index contributed by atoms with van der Waals surface area (Å²) in [7, 11) is 0. The lowest BCUT2D eigenvalue weighted by atomic mass is 9.96. The van der Waals surface area contributed by atoms with Gasteiger partial charge >= 0.3 is 0 Å². The molecule has 0 bridgehead atoms. The van der Waals surface area contributed by atoms with Crippen LogP contribution in [0.5, 0.6) is 0 Å². The molecule has 290 valence electrons. The standard InChI is InChI=1S/C57H37N5/c58-49(38-18-4-1-5-19-38)35-50(43-32-47-45-27-12-14-29-51(45)61-52-30-15-13-28-46(52)48(33-43)56(47)61)59-36-37-17-16-25-42(31-37)55-54(40-22-8-3-9-23-40)57-44-26-11-10-24-41(44)34-53(62(57)60-55)39-20-6-2-7-21-39/h1-36,58H/b50-35-,58-49?,59-36?. The molecule has 0 saturated heterocycles. The van der Waals surface area contributed by atoms with Crippen LogP contribution in [0.2, 0.25) is 0 Å². The number of nitrogens with zero attached hydrogens (tertiary/aromatic N) is 4. The lowest BCUT2D eigenvalue weighted by Crippen LogP contribution is -1.96. The molecule has 0 atom stereocenters. The van der Waals surface area contributed by atoms with Gasteiger partial charge in [0.05, 0.1) is 39.2 Å². The van der Waals surface area contributed by atoms with Crippen LogP contribution in [0.25, 0.3) is 93.7 Å². The third-order valence-electron chi connectivity index (χ3n) is 12.1. The molecule has 0 spiro atoms. The van der Waals surface area contributed by atoms with Gasteiger partial charge in [-0.2, -0.15) is 5.10 Å². The summed E-state index contributed by atoms with van der Waals surface area (Å²) >= 11 is 0. The molecule has 0 fully saturated rings. The van der Waals surface area contributed by atoms with Crippen LogP contribution in [-0.4, -0.2) is 25.9 Å². The van der Waals surface area contributed by atoms with Gasteiger partial charge in [-0.1, -0.05) is 170 Å². The summed E-state index contributed by atoms with van der Waals surface area (Å²) in [4.78, 5) is 5.27. The summed E-state index contributed by atoms with van der Waals surface area (Å²) in [6.07, 6.45) is 3.83. The molecule has 62 heavy (non-hydrogen) atoms. The Morgan fingerprint density at radius 3 is 1.76 bits per heavy atom. The topological polar surface area (TPSA) is 57.9 Å². The number of aliphatic imine (C=N–C) groups is 1. The van der Waals surface area contributed by atoms with Crippen molar-refractivity contribution in [2.24, 2.45) is 4.99 Å². The van der Waals surface area contributed by atoms with Gasteiger partial charge in [0.2, 0.25) is 0 Å². The average molecular weight is 792 g/mol. The molecule has 4 heterocycles. The summed E-state index contributed by atoms with van der Waals surface area (Å²) in [6.45, 7) is 0. The minimum atomic E-state index is 0.393. The highest BCUT2D eigenvalue weighted by atomic mass is 15.2. The Bertz CT molecular complexity index is 3660. The number of fused-ring (bicyclic) bond motifs is 9. The second kappa shape index (κ2) is 14.4. The fourth-order valence-electron chi connectivity index (χ4n) is 9.32. The zero-order chi connectivity index (χ0) is 41.1. The predicted octanol–water partition coefficient (Wildman–Crippen LogP) is 14.2. The van der Waals surface area contributed by atoms with Crippen LogP contribution in [0.4, 0.5) is 0 Å². The Balaban J connectivity index is 1.04. The quantitative estimate of drug-likeness (QED) is 0.153. The zero-order valence-corrected chi connectivity index (χ0v) is 33.6. The van der Waals surface area contributed by atoms with Crippen molar-refractivity contribution < 1.29 is 0 Å². The summed E-state index contributed by atoms with van der Waals surface area (Å²) in [5.41, 5.74) is 14.6. The predicted molar refractivity (Wildman–Crippen MR) is 259 cm³/mol. The van der Waals surface area contributed by atoms with Crippen molar-refractivity contribution in [3.05, 3.63) is 229 Å². The van der Waals surface area contributed by atoms with E-state index in [0.29, 0.717) is 11.4 Å². The van der Waals surface area contributed by atoms with E-state index < -0.39 is 0 Å². The summed E-state index contributed by atoms with van der Waals surface area (Å²) in [5, 5.41) is 21.8. The van der Waals surface area contributed by atoms with E-state index in [1.807, 2.05) is 42.6 Å². The maximum atomic E-state index is 9.26. The molecular formula is C57H37N5. The Hall–Kier alpha value is -8.41. The number of benzene rings is 8. The fraction of sp³-hybridized carbons (Fsp3) is 0. The van der Waals surface area contributed by atoms with Crippen molar-refractivity contribution in [2.75, 3.05) is 0 Å². The first-order chi connectivity index (χ1) is 30.7. The molecule has 0 unspecified atom stereocenters. The molecule has 0 aliphatic heterocycles. The number of hydrogen-bond acceptors (Lipinski definition) is 3. The number of aromatic nitrogens is 3. The van der Waals surface area contributed by atoms with E-state index in [2.05, 4.69) is 185 Å². The van der Waals surface area contributed by atoms with Gasteiger partial charge in [0.15, 0.2) is 0 Å². The SMILES string of the molecule is N=C(/C=C(\N=Cc1cccc(-c2nn3c(-c4ccccc4)cc4ccccc4c3c2-c2ccccc2)c1)c1cc2c3ccccc3n3c4ccccc4c(c1)c23)c1ccccc1. The highest BCUT2D eigenvalue weighted by molar-refractivity contribution is 6.24. The van der Waals surface area contributed by atoms with Crippen molar-refractivity contribution in [1.82, 2.24) is 14.0 Å². The molecule has 1 N–H and O–H groups in total. The number of rotatable bonds is 8. The lowest BCUT2D eigenvalue weighted by molar-refractivity contribution is 0.979. The van der Waals surface area contributed by atoms with Gasteiger partial charge < -0.3 is 9.81 Å². The number of hydrogen-bond donors (Lipinski definition) is 1. The van der Waals surface area contributed by atoms with Crippen LogP contribution >= 0.6 is 0 Å². The summed E-state index contributed by atoms with van der Waals surface area (Å²) in [6, 6.07) is 72.0. The first-order valence-electron chi connectivity index (χ1n) is 20.9. The second-order valence-electron chi connectivity index (χ2n) is 15.8. The number of para-hydroxylation sites is 2. The molecule has 0 aliphatic carbocycles. The van der Waals surface area contributed by atoms with E-state index in [1.165, 1.54) is 38.1 Å². The Morgan fingerprint density at radius 2 is 1.06 bits per heavy atom. The van der Waals surface area contributed by atoms with Gasteiger partial charge in [-0.25, -0.2) is 4.52 Å². The van der Waals surface area contributed by atoms with Crippen molar-refractivity contribution in [3.63, 3.8) is 0 Å². The average Bonchev–Trinajstić information content (AvgIpc) is 4.01. The first kappa shape index (κ1) is 35.5. The maximum absolute atomic E-state index is 9.26. The minimum Gasteiger partial charge on any atom is -0.308 e. The molecule has 0 radical (unpaired) electrons. The van der Waals surface area contributed by atoms with E-state index in [0.717, 1.165) is 66.6 Å². The van der Waals surface area contributed by atoms with Crippen LogP contribution in [0, 0.1) is 5.41 Å². The largest absolute Gasteiger partial charge is 0.308 e. The Morgan fingerprint density at radius 1 is 0.484 bits per heavy atom. The maximum Gasteiger partial charge on any atom is 0.101 e. The fourth-order valence-corrected chi connectivity index (χ4v) is 9.32. The zero-order valence-electron chi connectivity index (χ0n) is 33.6. The molecule has 0 saturated carbocycles. The van der Waals surface area contributed by atoms with Gasteiger partial charge in [-0.3, -0.25) is 4.99 Å². The Kier molecular flexibility index (Phi) is 8.25. The van der Waals surface area contributed by atoms with E-state index in [9.17, 15) is 5.41 Å². The molecule has 12 rings (SSSR count). The van der Waals surface area contributed by atoms with Crippen molar-refractivity contribution in [2.45, 2.75) is 0 Å². The highest BCUT2D eigenvalue weighted by Gasteiger charge is 2.22.